The first kappa shape index (κ1) is 12.2. The van der Waals surface area contributed by atoms with E-state index in [0.717, 1.165) is 0 Å². The van der Waals surface area contributed by atoms with Crippen LogP contribution in [0.2, 0.25) is 0 Å². The Morgan fingerprint density at radius 3 is 1.23 bits per heavy atom. The molecule has 2 N–H and O–H groups in total. The molecule has 0 radical (unpaired) electrons. The minimum Gasteiger partial charge on any atom is -0.481 e. The molecule has 0 atom stereocenters. The van der Waals surface area contributed by atoms with Gasteiger partial charge >= 0.3 is 11.9 Å². The third kappa shape index (κ3) is 3.22. The van der Waals surface area contributed by atoms with Gasteiger partial charge in [-0.05, 0) is 25.7 Å². The number of hydrogen-bond acceptors (Lipinski definition) is 2. The summed E-state index contributed by atoms with van der Waals surface area (Å²) in [5, 5.41) is 17.2. The number of hydrogen-bond donors (Lipinski definition) is 2. The standard InChI is InChI=1S/C8H12O4.ClH/c9-7(10)5-1-2-6(4-3-5)8(11)12;/h5-6H,1-4H2,(H,9,10)(H,11,12);1H. The van der Waals surface area contributed by atoms with Crippen molar-refractivity contribution in [2.75, 3.05) is 0 Å². The van der Waals surface area contributed by atoms with Crippen LogP contribution in [0, 0.1) is 11.8 Å². The van der Waals surface area contributed by atoms with E-state index in [1.165, 1.54) is 0 Å². The normalized spacial score (nSPS) is 27.4. The van der Waals surface area contributed by atoms with Crippen molar-refractivity contribution >= 4 is 24.3 Å². The fourth-order valence-electron chi connectivity index (χ4n) is 1.59. The zero-order valence-electron chi connectivity index (χ0n) is 7.10. The number of aliphatic carboxylic acids is 2. The molecular formula is C8H13ClO4. The monoisotopic (exact) mass is 208 g/mol. The van der Waals surface area contributed by atoms with Crippen molar-refractivity contribution in [1.82, 2.24) is 0 Å². The molecule has 0 aliphatic heterocycles. The van der Waals surface area contributed by atoms with Crippen LogP contribution in [0.1, 0.15) is 25.7 Å². The molecule has 1 aliphatic rings. The SMILES string of the molecule is Cl.O=C(O)C1CCC(C(=O)O)CC1. The average molecular weight is 209 g/mol. The summed E-state index contributed by atoms with van der Waals surface area (Å²) in [5.74, 6) is -2.22. The molecular weight excluding hydrogens is 196 g/mol. The molecule has 4 nitrogen and oxygen atoms in total. The van der Waals surface area contributed by atoms with Gasteiger partial charge in [-0.1, -0.05) is 0 Å². The number of carboxylic acids is 2. The Labute approximate surface area is 82.4 Å². The molecule has 1 rings (SSSR count). The van der Waals surface area contributed by atoms with E-state index in [2.05, 4.69) is 0 Å². The molecule has 0 amide bonds. The van der Waals surface area contributed by atoms with E-state index in [-0.39, 0.29) is 24.2 Å². The minimum atomic E-state index is -0.793. The molecule has 1 saturated carbocycles. The van der Waals surface area contributed by atoms with Crippen LogP contribution in [0.25, 0.3) is 0 Å². The van der Waals surface area contributed by atoms with Gasteiger partial charge in [0.15, 0.2) is 0 Å². The van der Waals surface area contributed by atoms with Crippen molar-refractivity contribution in [3.05, 3.63) is 0 Å². The molecule has 0 bridgehead atoms. The predicted octanol–water partition coefficient (Wildman–Crippen LogP) is 1.38. The molecule has 5 heteroatoms. The van der Waals surface area contributed by atoms with Crippen LogP contribution in [0.15, 0.2) is 0 Å². The Hall–Kier alpha value is -0.770. The van der Waals surface area contributed by atoms with E-state index in [1.54, 1.807) is 0 Å². The molecule has 0 aromatic carbocycles. The molecule has 0 heterocycles. The van der Waals surface area contributed by atoms with Crippen molar-refractivity contribution in [1.29, 1.82) is 0 Å². The van der Waals surface area contributed by atoms with E-state index in [9.17, 15) is 9.59 Å². The van der Waals surface area contributed by atoms with Gasteiger partial charge in [-0.25, -0.2) is 0 Å². The summed E-state index contributed by atoms with van der Waals surface area (Å²) in [6, 6.07) is 0. The molecule has 0 saturated heterocycles. The van der Waals surface area contributed by atoms with Crippen molar-refractivity contribution in [2.45, 2.75) is 25.7 Å². The van der Waals surface area contributed by atoms with Crippen LogP contribution in [0.4, 0.5) is 0 Å². The highest BCUT2D eigenvalue weighted by atomic mass is 35.5. The summed E-state index contributed by atoms with van der Waals surface area (Å²) in [5.41, 5.74) is 0. The third-order valence-corrected chi connectivity index (χ3v) is 2.43. The van der Waals surface area contributed by atoms with E-state index < -0.39 is 11.9 Å². The second kappa shape index (κ2) is 5.07. The Balaban J connectivity index is 0.00000144. The number of halogens is 1. The Morgan fingerprint density at radius 1 is 0.846 bits per heavy atom. The molecule has 0 unspecified atom stereocenters. The molecule has 0 spiro atoms. The lowest BCUT2D eigenvalue weighted by atomic mass is 9.82. The second-order valence-electron chi connectivity index (χ2n) is 3.23. The van der Waals surface area contributed by atoms with Gasteiger partial charge in [0.1, 0.15) is 0 Å². The van der Waals surface area contributed by atoms with Crippen LogP contribution < -0.4 is 0 Å². The summed E-state index contributed by atoms with van der Waals surface area (Å²) >= 11 is 0. The van der Waals surface area contributed by atoms with Gasteiger partial charge in [0.05, 0.1) is 11.8 Å². The van der Waals surface area contributed by atoms with Gasteiger partial charge in [-0.2, -0.15) is 0 Å². The van der Waals surface area contributed by atoms with Crippen LogP contribution in [-0.2, 0) is 9.59 Å². The van der Waals surface area contributed by atoms with E-state index in [4.69, 9.17) is 10.2 Å². The van der Waals surface area contributed by atoms with Crippen molar-refractivity contribution in [3.8, 4) is 0 Å². The van der Waals surface area contributed by atoms with Gasteiger partial charge in [0.25, 0.3) is 0 Å². The first-order valence-electron chi connectivity index (χ1n) is 4.07. The van der Waals surface area contributed by atoms with Crippen molar-refractivity contribution in [3.63, 3.8) is 0 Å². The van der Waals surface area contributed by atoms with Gasteiger partial charge in [-0.3, -0.25) is 9.59 Å². The number of rotatable bonds is 2. The first-order chi connectivity index (χ1) is 5.61. The molecule has 1 fully saturated rings. The van der Waals surface area contributed by atoms with Crippen LogP contribution in [0.5, 0.6) is 0 Å². The lowest BCUT2D eigenvalue weighted by Crippen LogP contribution is -2.25. The highest BCUT2D eigenvalue weighted by Crippen LogP contribution is 2.28. The lowest BCUT2D eigenvalue weighted by molar-refractivity contribution is -0.148. The van der Waals surface area contributed by atoms with Crippen molar-refractivity contribution in [2.24, 2.45) is 11.8 Å². The van der Waals surface area contributed by atoms with E-state index in [1.807, 2.05) is 0 Å². The van der Waals surface area contributed by atoms with Crippen LogP contribution >= 0.6 is 12.4 Å². The summed E-state index contributed by atoms with van der Waals surface area (Å²) in [6.45, 7) is 0. The maximum atomic E-state index is 10.5. The number of carboxylic acid groups (broad SMARTS) is 2. The molecule has 13 heavy (non-hydrogen) atoms. The largest absolute Gasteiger partial charge is 0.481 e. The highest BCUT2D eigenvalue weighted by Gasteiger charge is 2.29. The van der Waals surface area contributed by atoms with Gasteiger partial charge in [0, 0.05) is 0 Å². The second-order valence-corrected chi connectivity index (χ2v) is 3.23. The van der Waals surface area contributed by atoms with Gasteiger partial charge in [-0.15, -0.1) is 12.4 Å². The lowest BCUT2D eigenvalue weighted by Gasteiger charge is -2.22. The zero-order valence-corrected chi connectivity index (χ0v) is 7.92. The Bertz CT molecular complexity index is 174. The molecule has 0 aromatic rings. The summed E-state index contributed by atoms with van der Waals surface area (Å²) in [7, 11) is 0. The Morgan fingerprint density at radius 2 is 1.08 bits per heavy atom. The predicted molar refractivity (Wildman–Crippen MR) is 48.0 cm³/mol. The fourth-order valence-corrected chi connectivity index (χ4v) is 1.59. The summed E-state index contributed by atoms with van der Waals surface area (Å²) in [6.07, 6.45) is 2.03. The maximum Gasteiger partial charge on any atom is 0.306 e. The molecule has 76 valence electrons. The van der Waals surface area contributed by atoms with Crippen LogP contribution in [0.3, 0.4) is 0 Å². The third-order valence-electron chi connectivity index (χ3n) is 2.43. The van der Waals surface area contributed by atoms with Gasteiger partial charge in [0.2, 0.25) is 0 Å². The Kier molecular flexibility index (Phi) is 4.77. The van der Waals surface area contributed by atoms with E-state index in [0.29, 0.717) is 25.7 Å². The highest BCUT2D eigenvalue weighted by molar-refractivity contribution is 5.85. The quantitative estimate of drug-likeness (QED) is 0.719. The van der Waals surface area contributed by atoms with Crippen molar-refractivity contribution < 1.29 is 19.8 Å². The maximum absolute atomic E-state index is 10.5. The number of carbonyl (C=O) groups is 2. The molecule has 1 aliphatic carbocycles. The van der Waals surface area contributed by atoms with E-state index >= 15 is 0 Å². The summed E-state index contributed by atoms with van der Waals surface area (Å²) in [4.78, 5) is 21.0. The topological polar surface area (TPSA) is 74.6 Å². The van der Waals surface area contributed by atoms with Gasteiger partial charge < -0.3 is 10.2 Å². The van der Waals surface area contributed by atoms with Crippen LogP contribution in [-0.4, -0.2) is 22.2 Å². The smallest absolute Gasteiger partial charge is 0.306 e. The average Bonchev–Trinajstić information content (AvgIpc) is 2.04. The fraction of sp³-hybridized carbons (Fsp3) is 0.750. The zero-order chi connectivity index (χ0) is 9.14. The first-order valence-corrected chi connectivity index (χ1v) is 4.07. The summed E-state index contributed by atoms with van der Waals surface area (Å²) < 4.78 is 0. The molecule has 0 aromatic heterocycles. The minimum absolute atomic E-state index is 0.